The van der Waals surface area contributed by atoms with Crippen molar-refractivity contribution in [2.75, 3.05) is 31.6 Å². The lowest BCUT2D eigenvalue weighted by molar-refractivity contribution is -0.116. The number of nitrogens with zero attached hydrogens (tertiary/aromatic N) is 2. The van der Waals surface area contributed by atoms with Gasteiger partial charge >= 0.3 is 0 Å². The number of rotatable bonds is 4. The third-order valence-electron chi connectivity index (χ3n) is 4.29. The Kier molecular flexibility index (Phi) is 7.14. The normalized spacial score (nSPS) is 17.6. The molecule has 2 aliphatic rings. The van der Waals surface area contributed by atoms with Crippen LogP contribution in [0.4, 0.5) is 5.69 Å². The number of carbonyl (C=O) groups excluding carboxylic acids is 1. The SMILES string of the molecule is I.NC(=NCCOc1ccc2c(c1)CCC(=O)N2)N1CCCCC1. The van der Waals surface area contributed by atoms with Gasteiger partial charge in [0.15, 0.2) is 5.96 Å². The number of anilines is 1. The van der Waals surface area contributed by atoms with E-state index in [2.05, 4.69) is 15.2 Å². The maximum absolute atomic E-state index is 11.3. The first-order chi connectivity index (χ1) is 11.2. The van der Waals surface area contributed by atoms with Crippen molar-refractivity contribution in [2.45, 2.75) is 32.1 Å². The summed E-state index contributed by atoms with van der Waals surface area (Å²) in [7, 11) is 0. The molecule has 24 heavy (non-hydrogen) atoms. The van der Waals surface area contributed by atoms with Crippen molar-refractivity contribution < 1.29 is 9.53 Å². The number of nitrogens with two attached hydrogens (primary N) is 1. The summed E-state index contributed by atoms with van der Waals surface area (Å²) in [6.07, 6.45) is 4.97. The zero-order valence-electron chi connectivity index (χ0n) is 13.8. The molecule has 7 heteroatoms. The minimum atomic E-state index is 0. The van der Waals surface area contributed by atoms with Crippen LogP contribution in [0.1, 0.15) is 31.2 Å². The molecule has 1 saturated heterocycles. The monoisotopic (exact) mass is 444 g/mol. The molecule has 132 valence electrons. The third-order valence-corrected chi connectivity index (χ3v) is 4.29. The zero-order valence-corrected chi connectivity index (χ0v) is 16.1. The Balaban J connectivity index is 0.00000208. The number of amides is 1. The topological polar surface area (TPSA) is 80.0 Å². The fourth-order valence-corrected chi connectivity index (χ4v) is 3.00. The number of halogens is 1. The molecule has 0 spiro atoms. The molecule has 3 N–H and O–H groups in total. The number of carbonyl (C=O) groups is 1. The van der Waals surface area contributed by atoms with Gasteiger partial charge in [0.25, 0.3) is 0 Å². The van der Waals surface area contributed by atoms with Gasteiger partial charge in [0.2, 0.25) is 5.91 Å². The summed E-state index contributed by atoms with van der Waals surface area (Å²) in [4.78, 5) is 17.9. The first-order valence-corrected chi connectivity index (χ1v) is 8.33. The van der Waals surface area contributed by atoms with Crippen LogP contribution in [0.3, 0.4) is 0 Å². The second-order valence-corrected chi connectivity index (χ2v) is 6.00. The first kappa shape index (κ1) is 18.8. The highest BCUT2D eigenvalue weighted by Gasteiger charge is 2.15. The zero-order chi connectivity index (χ0) is 16.1. The van der Waals surface area contributed by atoms with Crippen LogP contribution in [-0.2, 0) is 11.2 Å². The van der Waals surface area contributed by atoms with E-state index in [9.17, 15) is 4.79 Å². The van der Waals surface area contributed by atoms with Crippen LogP contribution in [-0.4, -0.2) is 43.0 Å². The smallest absolute Gasteiger partial charge is 0.224 e. The lowest BCUT2D eigenvalue weighted by Crippen LogP contribution is -2.41. The van der Waals surface area contributed by atoms with Gasteiger partial charge in [-0.3, -0.25) is 4.79 Å². The third kappa shape index (κ3) is 4.99. The predicted molar refractivity (Wildman–Crippen MR) is 106 cm³/mol. The van der Waals surface area contributed by atoms with Gasteiger partial charge in [-0.1, -0.05) is 0 Å². The summed E-state index contributed by atoms with van der Waals surface area (Å²) in [6, 6.07) is 5.77. The second-order valence-electron chi connectivity index (χ2n) is 6.00. The summed E-state index contributed by atoms with van der Waals surface area (Å²) in [5, 5.41) is 2.87. The van der Waals surface area contributed by atoms with Crippen LogP contribution in [0.25, 0.3) is 0 Å². The Bertz CT molecular complexity index is 600. The standard InChI is InChI=1S/C17H24N4O2.HI/c18-17(21-9-2-1-3-10-21)19-8-11-23-14-5-6-15-13(12-14)4-7-16(22)20-15;/h5-6,12H,1-4,7-11H2,(H2,18,19)(H,20,22);1H. The van der Waals surface area contributed by atoms with Crippen LogP contribution < -0.4 is 15.8 Å². The molecule has 1 aromatic rings. The molecule has 0 bridgehead atoms. The Hall–Kier alpha value is -1.51. The molecule has 0 radical (unpaired) electrons. The number of piperidine rings is 1. The fraction of sp³-hybridized carbons (Fsp3) is 0.529. The second kappa shape index (κ2) is 9.10. The molecule has 0 aliphatic carbocycles. The summed E-state index contributed by atoms with van der Waals surface area (Å²) < 4.78 is 5.74. The minimum Gasteiger partial charge on any atom is -0.492 e. The number of aliphatic imine (C=N–C) groups is 1. The summed E-state index contributed by atoms with van der Waals surface area (Å²) in [6.45, 7) is 3.06. The van der Waals surface area contributed by atoms with Crippen LogP contribution in [0.15, 0.2) is 23.2 Å². The van der Waals surface area contributed by atoms with Crippen molar-refractivity contribution >= 4 is 41.5 Å². The van der Waals surface area contributed by atoms with E-state index in [1.807, 2.05) is 18.2 Å². The summed E-state index contributed by atoms with van der Waals surface area (Å²) in [5.74, 6) is 1.52. The van der Waals surface area contributed by atoms with Crippen LogP contribution in [0.5, 0.6) is 5.75 Å². The largest absolute Gasteiger partial charge is 0.492 e. The highest BCUT2D eigenvalue weighted by molar-refractivity contribution is 14.0. The Morgan fingerprint density at radius 1 is 1.25 bits per heavy atom. The van der Waals surface area contributed by atoms with Gasteiger partial charge in [-0.25, -0.2) is 4.99 Å². The number of guanidine groups is 1. The van der Waals surface area contributed by atoms with Crippen molar-refractivity contribution in [1.82, 2.24) is 4.90 Å². The van der Waals surface area contributed by atoms with Crippen molar-refractivity contribution in [2.24, 2.45) is 10.7 Å². The average Bonchev–Trinajstić information content (AvgIpc) is 2.59. The quantitative estimate of drug-likeness (QED) is 0.324. The average molecular weight is 444 g/mol. The van der Waals surface area contributed by atoms with Gasteiger partial charge in [-0.05, 0) is 49.4 Å². The number of hydrogen-bond acceptors (Lipinski definition) is 3. The molecule has 1 aromatic carbocycles. The van der Waals surface area contributed by atoms with Gasteiger partial charge in [-0.2, -0.15) is 0 Å². The van der Waals surface area contributed by atoms with Crippen LogP contribution in [0, 0.1) is 0 Å². The number of likely N-dealkylation sites (tertiary alicyclic amines) is 1. The molecule has 3 rings (SSSR count). The van der Waals surface area contributed by atoms with Crippen LogP contribution in [0.2, 0.25) is 0 Å². The number of nitrogens with one attached hydrogen (secondary N) is 1. The van der Waals surface area contributed by atoms with Gasteiger partial charge in [0.05, 0.1) is 6.54 Å². The first-order valence-electron chi connectivity index (χ1n) is 8.33. The highest BCUT2D eigenvalue weighted by Crippen LogP contribution is 2.26. The molecule has 0 unspecified atom stereocenters. The van der Waals surface area contributed by atoms with E-state index in [-0.39, 0.29) is 29.9 Å². The number of benzene rings is 1. The van der Waals surface area contributed by atoms with E-state index in [0.29, 0.717) is 25.5 Å². The molecular formula is C17H25IN4O2. The van der Waals surface area contributed by atoms with Crippen molar-refractivity contribution in [1.29, 1.82) is 0 Å². The number of hydrogen-bond donors (Lipinski definition) is 2. The lowest BCUT2D eigenvalue weighted by Gasteiger charge is -2.27. The van der Waals surface area contributed by atoms with E-state index in [0.717, 1.165) is 36.5 Å². The minimum absolute atomic E-state index is 0. The van der Waals surface area contributed by atoms with E-state index in [1.165, 1.54) is 19.3 Å². The molecule has 0 atom stereocenters. The number of ether oxygens (including phenoxy) is 1. The van der Waals surface area contributed by atoms with E-state index < -0.39 is 0 Å². The van der Waals surface area contributed by atoms with Crippen molar-refractivity contribution in [3.05, 3.63) is 23.8 Å². The Morgan fingerprint density at radius 3 is 2.83 bits per heavy atom. The highest BCUT2D eigenvalue weighted by atomic mass is 127. The maximum atomic E-state index is 11.3. The fourth-order valence-electron chi connectivity index (χ4n) is 3.00. The van der Waals surface area contributed by atoms with Gasteiger partial charge < -0.3 is 20.7 Å². The van der Waals surface area contributed by atoms with Gasteiger partial charge in [0.1, 0.15) is 12.4 Å². The number of fused-ring (bicyclic) bond motifs is 1. The molecule has 2 aliphatic heterocycles. The molecule has 1 amide bonds. The molecule has 0 aromatic heterocycles. The number of aryl methyl sites for hydroxylation is 1. The van der Waals surface area contributed by atoms with Crippen molar-refractivity contribution in [3.63, 3.8) is 0 Å². The van der Waals surface area contributed by atoms with E-state index in [4.69, 9.17) is 10.5 Å². The Morgan fingerprint density at radius 2 is 2.04 bits per heavy atom. The molecule has 2 heterocycles. The van der Waals surface area contributed by atoms with E-state index >= 15 is 0 Å². The molecule has 1 fully saturated rings. The van der Waals surface area contributed by atoms with E-state index in [1.54, 1.807) is 0 Å². The molecule has 6 nitrogen and oxygen atoms in total. The van der Waals surface area contributed by atoms with Crippen LogP contribution >= 0.6 is 24.0 Å². The predicted octanol–water partition coefficient (Wildman–Crippen LogP) is 2.37. The Labute approximate surface area is 159 Å². The van der Waals surface area contributed by atoms with Crippen molar-refractivity contribution in [3.8, 4) is 5.75 Å². The van der Waals surface area contributed by atoms with Gasteiger partial charge in [-0.15, -0.1) is 24.0 Å². The molecular weight excluding hydrogens is 419 g/mol. The lowest BCUT2D eigenvalue weighted by atomic mass is 10.0. The summed E-state index contributed by atoms with van der Waals surface area (Å²) in [5.41, 5.74) is 8.03. The summed E-state index contributed by atoms with van der Waals surface area (Å²) >= 11 is 0. The molecule has 0 saturated carbocycles. The maximum Gasteiger partial charge on any atom is 0.224 e. The van der Waals surface area contributed by atoms with Gasteiger partial charge in [0, 0.05) is 25.2 Å².